The predicted octanol–water partition coefficient (Wildman–Crippen LogP) is 2.67. The van der Waals surface area contributed by atoms with E-state index < -0.39 is 10.9 Å². The lowest BCUT2D eigenvalue weighted by Crippen LogP contribution is -2.10. The molecule has 0 saturated heterocycles. The summed E-state index contributed by atoms with van der Waals surface area (Å²) in [6.45, 7) is 3.39. The maximum absolute atomic E-state index is 11.9. The van der Waals surface area contributed by atoms with E-state index in [2.05, 4.69) is 4.74 Å². The van der Waals surface area contributed by atoms with Crippen LogP contribution in [0.5, 0.6) is 0 Å². The van der Waals surface area contributed by atoms with Gasteiger partial charge in [0.1, 0.15) is 0 Å². The molecule has 0 heterocycles. The lowest BCUT2D eigenvalue weighted by Gasteiger charge is -2.08. The van der Waals surface area contributed by atoms with Gasteiger partial charge in [-0.15, -0.1) is 0 Å². The number of nitro benzene ring substituents is 1. The highest BCUT2D eigenvalue weighted by atomic mass is 16.6. The van der Waals surface area contributed by atoms with Crippen molar-refractivity contribution in [2.75, 3.05) is 7.11 Å². The molecule has 102 valence electrons. The van der Waals surface area contributed by atoms with Crippen LogP contribution in [-0.2, 0) is 4.74 Å². The predicted molar refractivity (Wildman–Crippen MR) is 68.4 cm³/mol. The summed E-state index contributed by atoms with van der Waals surface area (Å²) in [5, 5.41) is 11.0. The number of carbonyl (C=O) groups excluding carboxylic acids is 2. The smallest absolute Gasteiger partial charge is 0.338 e. The molecule has 0 bridgehead atoms. The average Bonchev–Trinajstić information content (AvgIpc) is 2.36. The summed E-state index contributed by atoms with van der Waals surface area (Å²) in [4.78, 5) is 33.7. The molecule has 0 amide bonds. The molecule has 0 aliphatic rings. The van der Waals surface area contributed by atoms with Gasteiger partial charge in [0.15, 0.2) is 5.78 Å². The average molecular weight is 265 g/mol. The molecule has 19 heavy (non-hydrogen) atoms. The first kappa shape index (κ1) is 14.8. The number of ketones is 1. The van der Waals surface area contributed by atoms with E-state index >= 15 is 0 Å². The van der Waals surface area contributed by atoms with Crippen LogP contribution in [0.15, 0.2) is 12.1 Å². The van der Waals surface area contributed by atoms with Crippen LogP contribution < -0.4 is 0 Å². The number of benzene rings is 1. The number of hydrogen-bond donors (Lipinski definition) is 0. The number of rotatable bonds is 5. The summed E-state index contributed by atoms with van der Waals surface area (Å²) in [6.07, 6.45) is 0.841. The Labute approximate surface area is 110 Å². The van der Waals surface area contributed by atoms with E-state index in [1.165, 1.54) is 13.2 Å². The van der Waals surface area contributed by atoms with E-state index in [1.807, 2.05) is 6.92 Å². The first-order valence-corrected chi connectivity index (χ1v) is 5.82. The van der Waals surface area contributed by atoms with Crippen LogP contribution in [0.4, 0.5) is 5.69 Å². The largest absolute Gasteiger partial charge is 0.465 e. The minimum atomic E-state index is -0.666. The zero-order chi connectivity index (χ0) is 14.6. The fourth-order valence-electron chi connectivity index (χ4n) is 1.86. The molecule has 0 radical (unpaired) electrons. The molecular weight excluding hydrogens is 250 g/mol. The van der Waals surface area contributed by atoms with Gasteiger partial charge in [0.2, 0.25) is 0 Å². The molecule has 0 unspecified atom stereocenters. The quantitative estimate of drug-likeness (QED) is 0.353. The lowest BCUT2D eigenvalue weighted by atomic mass is 9.97. The highest BCUT2D eigenvalue weighted by molar-refractivity contribution is 6.03. The molecule has 6 heteroatoms. The Bertz CT molecular complexity index is 536. The summed E-state index contributed by atoms with van der Waals surface area (Å²) in [6, 6.07) is 2.52. The van der Waals surface area contributed by atoms with Crippen LogP contribution in [0, 0.1) is 17.0 Å². The fourth-order valence-corrected chi connectivity index (χ4v) is 1.86. The van der Waals surface area contributed by atoms with Crippen LogP contribution in [0.1, 0.15) is 46.0 Å². The van der Waals surface area contributed by atoms with Gasteiger partial charge in [-0.25, -0.2) is 4.79 Å². The van der Waals surface area contributed by atoms with Crippen molar-refractivity contribution in [1.82, 2.24) is 0 Å². The molecule has 0 aliphatic heterocycles. The monoisotopic (exact) mass is 265 g/mol. The third-order valence-corrected chi connectivity index (χ3v) is 2.69. The number of ether oxygens (including phenoxy) is 1. The van der Waals surface area contributed by atoms with Gasteiger partial charge in [-0.2, -0.15) is 0 Å². The second kappa shape index (κ2) is 6.08. The number of hydrogen-bond acceptors (Lipinski definition) is 5. The molecule has 1 aromatic rings. The Hall–Kier alpha value is -2.24. The maximum atomic E-state index is 11.9. The summed E-state index contributed by atoms with van der Waals surface area (Å²) in [5.41, 5.74) is 0.200. The van der Waals surface area contributed by atoms with E-state index in [-0.39, 0.29) is 29.0 Å². The van der Waals surface area contributed by atoms with Crippen molar-refractivity contribution < 1.29 is 19.2 Å². The topological polar surface area (TPSA) is 86.5 Å². The Morgan fingerprint density at radius 3 is 2.47 bits per heavy atom. The normalized spacial score (nSPS) is 10.1. The molecule has 0 spiro atoms. The molecule has 0 aromatic heterocycles. The number of nitrogens with zero attached hydrogens (tertiary/aromatic N) is 1. The molecule has 1 aromatic carbocycles. The van der Waals surface area contributed by atoms with E-state index in [0.717, 1.165) is 6.07 Å². The SMILES string of the molecule is CCCC(=O)c1c(C)cc(C(=O)OC)cc1[N+](=O)[O-]. The number of esters is 1. The Morgan fingerprint density at radius 2 is 2.00 bits per heavy atom. The van der Waals surface area contributed by atoms with E-state index in [4.69, 9.17) is 0 Å². The maximum Gasteiger partial charge on any atom is 0.338 e. The van der Waals surface area contributed by atoms with Gasteiger partial charge in [0, 0.05) is 12.5 Å². The summed E-state index contributed by atoms with van der Waals surface area (Å²) in [5.74, 6) is -0.955. The fraction of sp³-hybridized carbons (Fsp3) is 0.385. The summed E-state index contributed by atoms with van der Waals surface area (Å²) < 4.78 is 4.53. The molecule has 1 rings (SSSR count). The third-order valence-electron chi connectivity index (χ3n) is 2.69. The zero-order valence-electron chi connectivity index (χ0n) is 11.1. The van der Waals surface area contributed by atoms with E-state index in [0.29, 0.717) is 12.0 Å². The lowest BCUT2D eigenvalue weighted by molar-refractivity contribution is -0.385. The Morgan fingerprint density at radius 1 is 1.37 bits per heavy atom. The number of methoxy groups -OCH3 is 1. The van der Waals surface area contributed by atoms with Crippen LogP contribution in [-0.4, -0.2) is 23.8 Å². The van der Waals surface area contributed by atoms with E-state index in [9.17, 15) is 19.7 Å². The minimum absolute atomic E-state index is 0.0690. The van der Waals surface area contributed by atoms with Gasteiger partial charge in [0.05, 0.1) is 23.2 Å². The van der Waals surface area contributed by atoms with Gasteiger partial charge in [-0.05, 0) is 25.0 Å². The zero-order valence-corrected chi connectivity index (χ0v) is 11.1. The molecule has 0 atom stereocenters. The molecule has 0 fully saturated rings. The third kappa shape index (κ3) is 3.15. The van der Waals surface area contributed by atoms with Gasteiger partial charge < -0.3 is 4.74 Å². The van der Waals surface area contributed by atoms with E-state index in [1.54, 1.807) is 6.92 Å². The van der Waals surface area contributed by atoms with Crippen LogP contribution in [0.2, 0.25) is 0 Å². The minimum Gasteiger partial charge on any atom is -0.465 e. The van der Waals surface area contributed by atoms with Gasteiger partial charge in [0.25, 0.3) is 5.69 Å². The van der Waals surface area contributed by atoms with Crippen molar-refractivity contribution in [1.29, 1.82) is 0 Å². The van der Waals surface area contributed by atoms with Crippen molar-refractivity contribution in [3.05, 3.63) is 38.9 Å². The van der Waals surface area contributed by atoms with Crippen molar-refractivity contribution in [2.24, 2.45) is 0 Å². The number of aryl methyl sites for hydroxylation is 1. The van der Waals surface area contributed by atoms with Crippen LogP contribution in [0.25, 0.3) is 0 Å². The second-order valence-corrected chi connectivity index (χ2v) is 4.11. The standard InChI is InChI=1S/C13H15NO5/c1-4-5-11(15)12-8(2)6-9(13(16)19-3)7-10(12)14(17)18/h6-7H,4-5H2,1-3H3. The summed E-state index contributed by atoms with van der Waals surface area (Å²) >= 11 is 0. The Balaban J connectivity index is 3.43. The second-order valence-electron chi connectivity index (χ2n) is 4.11. The summed E-state index contributed by atoms with van der Waals surface area (Å²) in [7, 11) is 1.19. The van der Waals surface area contributed by atoms with Gasteiger partial charge >= 0.3 is 5.97 Å². The van der Waals surface area contributed by atoms with Crippen molar-refractivity contribution >= 4 is 17.4 Å². The number of Topliss-reactive ketones (excluding diaryl/α,β-unsaturated/α-hetero) is 1. The first-order chi connectivity index (χ1) is 8.92. The van der Waals surface area contributed by atoms with Crippen LogP contribution >= 0.6 is 0 Å². The van der Waals surface area contributed by atoms with Gasteiger partial charge in [-0.3, -0.25) is 14.9 Å². The van der Waals surface area contributed by atoms with Crippen molar-refractivity contribution in [3.63, 3.8) is 0 Å². The molecule has 0 saturated carbocycles. The van der Waals surface area contributed by atoms with Crippen molar-refractivity contribution in [2.45, 2.75) is 26.7 Å². The molecular formula is C13H15NO5. The molecule has 6 nitrogen and oxygen atoms in total. The van der Waals surface area contributed by atoms with Gasteiger partial charge in [-0.1, -0.05) is 6.92 Å². The molecule has 0 aliphatic carbocycles. The highest BCUT2D eigenvalue weighted by Crippen LogP contribution is 2.26. The molecule has 0 N–H and O–H groups in total. The van der Waals surface area contributed by atoms with Crippen LogP contribution in [0.3, 0.4) is 0 Å². The highest BCUT2D eigenvalue weighted by Gasteiger charge is 2.24. The number of nitro groups is 1. The van der Waals surface area contributed by atoms with Crippen molar-refractivity contribution in [3.8, 4) is 0 Å². The number of carbonyl (C=O) groups is 2. The Kier molecular flexibility index (Phi) is 4.74. The first-order valence-electron chi connectivity index (χ1n) is 5.82.